The summed E-state index contributed by atoms with van der Waals surface area (Å²) in [6, 6.07) is 17.3. The molecule has 1 unspecified atom stereocenters. The highest BCUT2D eigenvalue weighted by Gasteiger charge is 2.09. The van der Waals surface area contributed by atoms with E-state index in [0.29, 0.717) is 19.3 Å². The second-order valence-corrected chi connectivity index (χ2v) is 5.74. The zero-order valence-electron chi connectivity index (χ0n) is 14.3. The lowest BCUT2D eigenvalue weighted by Crippen LogP contribution is -2.20. The van der Waals surface area contributed by atoms with Crippen LogP contribution in [0.2, 0.25) is 0 Å². The molecular weight excluding hydrogens is 286 g/mol. The van der Waals surface area contributed by atoms with Crippen LogP contribution in [-0.4, -0.2) is 20.3 Å². The summed E-state index contributed by atoms with van der Waals surface area (Å²) in [5.74, 6) is 0.888. The van der Waals surface area contributed by atoms with Crippen molar-refractivity contribution in [3.63, 3.8) is 0 Å². The van der Waals surface area contributed by atoms with Crippen LogP contribution in [0.25, 0.3) is 0 Å². The van der Waals surface area contributed by atoms with Crippen LogP contribution in [0.3, 0.4) is 0 Å². The second kappa shape index (κ2) is 9.33. The van der Waals surface area contributed by atoms with Crippen LogP contribution in [0.15, 0.2) is 48.5 Å². The van der Waals surface area contributed by atoms with Crippen molar-refractivity contribution >= 4 is 0 Å². The van der Waals surface area contributed by atoms with E-state index in [4.69, 9.17) is 9.47 Å². The van der Waals surface area contributed by atoms with Gasteiger partial charge < -0.3 is 14.8 Å². The monoisotopic (exact) mass is 313 g/mol. The first-order valence-corrected chi connectivity index (χ1v) is 8.23. The summed E-state index contributed by atoms with van der Waals surface area (Å²) in [6.45, 7) is 6.41. The molecule has 0 aliphatic carbocycles. The summed E-state index contributed by atoms with van der Waals surface area (Å²) in [6.07, 6.45) is 1.05. The van der Waals surface area contributed by atoms with Gasteiger partial charge in [0.05, 0.1) is 6.61 Å². The van der Waals surface area contributed by atoms with Crippen molar-refractivity contribution in [2.24, 2.45) is 0 Å². The van der Waals surface area contributed by atoms with Crippen molar-refractivity contribution in [3.8, 4) is 5.75 Å². The Morgan fingerprint density at radius 1 is 1.04 bits per heavy atom. The molecule has 2 rings (SSSR count). The van der Waals surface area contributed by atoms with Gasteiger partial charge >= 0.3 is 0 Å². The normalized spacial score (nSPS) is 12.1. The van der Waals surface area contributed by atoms with Gasteiger partial charge in [0.15, 0.2) is 0 Å². The lowest BCUT2D eigenvalue weighted by atomic mass is 10.0. The summed E-state index contributed by atoms with van der Waals surface area (Å²) in [7, 11) is 1.68. The lowest BCUT2D eigenvalue weighted by molar-refractivity contribution is 0.146. The molecule has 0 aromatic heterocycles. The van der Waals surface area contributed by atoms with Gasteiger partial charge in [-0.3, -0.25) is 0 Å². The highest BCUT2D eigenvalue weighted by atomic mass is 16.5. The quantitative estimate of drug-likeness (QED) is 0.702. The number of hydrogen-bond donors (Lipinski definition) is 1. The van der Waals surface area contributed by atoms with Crippen molar-refractivity contribution in [1.82, 2.24) is 5.32 Å². The molecule has 2 aromatic carbocycles. The number of ether oxygens (including phenoxy) is 2. The van der Waals surface area contributed by atoms with Crippen molar-refractivity contribution in [3.05, 3.63) is 65.2 Å². The van der Waals surface area contributed by atoms with E-state index in [2.05, 4.69) is 55.6 Å². The van der Waals surface area contributed by atoms with Gasteiger partial charge in [0.2, 0.25) is 0 Å². The van der Waals surface area contributed by atoms with Crippen molar-refractivity contribution in [2.75, 3.05) is 20.3 Å². The highest BCUT2D eigenvalue weighted by molar-refractivity contribution is 5.29. The van der Waals surface area contributed by atoms with Crippen LogP contribution in [0, 0.1) is 6.92 Å². The van der Waals surface area contributed by atoms with Gasteiger partial charge in [-0.1, -0.05) is 48.9 Å². The molecule has 3 heteroatoms. The molecule has 1 N–H and O–H groups in total. The van der Waals surface area contributed by atoms with Crippen molar-refractivity contribution in [2.45, 2.75) is 32.9 Å². The van der Waals surface area contributed by atoms with Crippen LogP contribution in [0.5, 0.6) is 5.75 Å². The fourth-order valence-electron chi connectivity index (χ4n) is 2.60. The maximum absolute atomic E-state index is 5.61. The Bertz CT molecular complexity index is 580. The molecule has 0 spiro atoms. The molecule has 23 heavy (non-hydrogen) atoms. The minimum absolute atomic E-state index is 0.350. The third-order valence-electron chi connectivity index (χ3n) is 3.88. The van der Waals surface area contributed by atoms with Gasteiger partial charge in [-0.15, -0.1) is 0 Å². The largest absolute Gasteiger partial charge is 0.491 e. The molecule has 0 saturated heterocycles. The molecule has 0 bridgehead atoms. The Labute approximate surface area is 139 Å². The zero-order valence-corrected chi connectivity index (χ0v) is 14.3. The predicted octanol–water partition coefficient (Wildman–Crippen LogP) is 4.26. The van der Waals surface area contributed by atoms with E-state index in [-0.39, 0.29) is 0 Å². The molecule has 0 fully saturated rings. The highest BCUT2D eigenvalue weighted by Crippen LogP contribution is 2.21. The molecule has 1 atom stereocenters. The smallest absolute Gasteiger partial charge is 0.119 e. The van der Waals surface area contributed by atoms with Gasteiger partial charge in [0.1, 0.15) is 12.4 Å². The first-order valence-electron chi connectivity index (χ1n) is 8.23. The molecule has 0 amide bonds. The summed E-state index contributed by atoms with van der Waals surface area (Å²) in [5.41, 5.74) is 3.91. The molecule has 0 saturated carbocycles. The summed E-state index contributed by atoms with van der Waals surface area (Å²) >= 11 is 0. The van der Waals surface area contributed by atoms with Crippen LogP contribution in [0.4, 0.5) is 0 Å². The van der Waals surface area contributed by atoms with E-state index in [1.807, 2.05) is 12.1 Å². The number of methoxy groups -OCH3 is 1. The van der Waals surface area contributed by atoms with E-state index >= 15 is 0 Å². The molecular formula is C20H27NO2. The summed E-state index contributed by atoms with van der Waals surface area (Å²) in [4.78, 5) is 0. The van der Waals surface area contributed by atoms with E-state index in [1.54, 1.807) is 7.11 Å². The van der Waals surface area contributed by atoms with E-state index < -0.39 is 0 Å². The first-order chi connectivity index (χ1) is 11.2. The number of hydrogen-bond acceptors (Lipinski definition) is 3. The number of benzene rings is 2. The fourth-order valence-corrected chi connectivity index (χ4v) is 2.60. The summed E-state index contributed by atoms with van der Waals surface area (Å²) in [5, 5.41) is 3.64. The van der Waals surface area contributed by atoms with Crippen LogP contribution < -0.4 is 10.1 Å². The number of rotatable bonds is 9. The predicted molar refractivity (Wildman–Crippen MR) is 94.9 cm³/mol. The van der Waals surface area contributed by atoms with Gasteiger partial charge in [-0.2, -0.15) is 0 Å². The Morgan fingerprint density at radius 3 is 2.48 bits per heavy atom. The van der Waals surface area contributed by atoms with Crippen molar-refractivity contribution in [1.29, 1.82) is 0 Å². The first kappa shape index (κ1) is 17.5. The third kappa shape index (κ3) is 5.70. The molecule has 0 radical (unpaired) electrons. The van der Waals surface area contributed by atoms with Crippen LogP contribution in [0.1, 0.15) is 36.1 Å². The average molecular weight is 313 g/mol. The Balaban J connectivity index is 1.92. The third-order valence-corrected chi connectivity index (χ3v) is 3.88. The minimum Gasteiger partial charge on any atom is -0.491 e. The van der Waals surface area contributed by atoms with Gasteiger partial charge in [-0.05, 0) is 36.6 Å². The topological polar surface area (TPSA) is 30.5 Å². The SMILES string of the molecule is CCC(NCc1cccc(C)c1)c1ccc(OCCOC)cc1. The summed E-state index contributed by atoms with van der Waals surface area (Å²) < 4.78 is 10.6. The van der Waals surface area contributed by atoms with E-state index in [0.717, 1.165) is 18.7 Å². The number of nitrogens with one attached hydrogen (secondary N) is 1. The Morgan fingerprint density at radius 2 is 1.83 bits per heavy atom. The van der Waals surface area contributed by atoms with E-state index in [9.17, 15) is 0 Å². The van der Waals surface area contributed by atoms with Gasteiger partial charge in [0.25, 0.3) is 0 Å². The van der Waals surface area contributed by atoms with Crippen LogP contribution in [-0.2, 0) is 11.3 Å². The maximum atomic E-state index is 5.61. The standard InChI is InChI=1S/C20H27NO2/c1-4-20(21-15-17-7-5-6-16(2)14-17)18-8-10-19(11-9-18)23-13-12-22-3/h5-11,14,20-21H,4,12-13,15H2,1-3H3. The minimum atomic E-state index is 0.350. The molecule has 0 aliphatic rings. The second-order valence-electron chi connectivity index (χ2n) is 5.74. The molecule has 3 nitrogen and oxygen atoms in total. The van der Waals surface area contributed by atoms with Gasteiger partial charge in [0, 0.05) is 19.7 Å². The Hall–Kier alpha value is -1.84. The number of aryl methyl sites for hydroxylation is 1. The molecule has 2 aromatic rings. The molecule has 0 aliphatic heterocycles. The Kier molecular flexibility index (Phi) is 7.11. The fraction of sp³-hybridized carbons (Fsp3) is 0.400. The maximum Gasteiger partial charge on any atom is 0.119 e. The molecule has 124 valence electrons. The van der Waals surface area contributed by atoms with E-state index in [1.165, 1.54) is 16.7 Å². The average Bonchev–Trinajstić information content (AvgIpc) is 2.57. The molecule has 0 heterocycles. The van der Waals surface area contributed by atoms with Crippen LogP contribution >= 0.6 is 0 Å². The van der Waals surface area contributed by atoms with Crippen molar-refractivity contribution < 1.29 is 9.47 Å². The van der Waals surface area contributed by atoms with Gasteiger partial charge in [-0.25, -0.2) is 0 Å². The zero-order chi connectivity index (χ0) is 16.5. The lowest BCUT2D eigenvalue weighted by Gasteiger charge is -2.18.